The van der Waals surface area contributed by atoms with E-state index in [0.717, 1.165) is 18.5 Å². The van der Waals surface area contributed by atoms with Crippen LogP contribution >= 0.6 is 24.0 Å². The zero-order valence-electron chi connectivity index (χ0n) is 16.3. The number of aryl methyl sites for hydroxylation is 1. The molecule has 1 aliphatic heterocycles. The van der Waals surface area contributed by atoms with Gasteiger partial charge in [0.2, 0.25) is 11.8 Å². The Kier molecular flexibility index (Phi) is 6.47. The third-order valence-corrected chi connectivity index (χ3v) is 5.85. The molecule has 152 valence electrons. The molecule has 4 unspecified atom stereocenters. The van der Waals surface area contributed by atoms with Crippen LogP contribution in [0.4, 0.5) is 0 Å². The maximum atomic E-state index is 12.7. The van der Waals surface area contributed by atoms with Crippen molar-refractivity contribution in [3.63, 3.8) is 0 Å². The molecule has 1 aromatic rings. The van der Waals surface area contributed by atoms with Crippen LogP contribution in [0.25, 0.3) is 0 Å². The van der Waals surface area contributed by atoms with Crippen molar-refractivity contribution in [3.8, 4) is 0 Å². The zero-order chi connectivity index (χ0) is 19.0. The van der Waals surface area contributed by atoms with Gasteiger partial charge in [-0.05, 0) is 36.8 Å². The summed E-state index contributed by atoms with van der Waals surface area (Å²) in [5.74, 6) is 1.01. The van der Waals surface area contributed by atoms with Crippen LogP contribution in [0.2, 0.25) is 0 Å². The lowest BCUT2D eigenvalue weighted by molar-refractivity contribution is -0.140. The number of guanidine groups is 1. The van der Waals surface area contributed by atoms with Gasteiger partial charge in [-0.15, -0.1) is 24.0 Å². The van der Waals surface area contributed by atoms with Crippen molar-refractivity contribution in [1.82, 2.24) is 20.1 Å². The molecule has 4 atom stereocenters. The number of hydrogen-bond donors (Lipinski definition) is 2. The molecule has 28 heavy (non-hydrogen) atoms. The number of nitrogens with zero attached hydrogens (tertiary/aromatic N) is 3. The summed E-state index contributed by atoms with van der Waals surface area (Å²) in [6, 6.07) is 2.04. The van der Waals surface area contributed by atoms with Crippen LogP contribution in [-0.2, 0) is 23.2 Å². The van der Waals surface area contributed by atoms with E-state index in [9.17, 15) is 9.59 Å². The maximum Gasteiger partial charge on any atom is 0.233 e. The number of aromatic nitrogens is 1. The lowest BCUT2D eigenvalue weighted by atomic mass is 9.85. The van der Waals surface area contributed by atoms with Gasteiger partial charge in [-0.3, -0.25) is 14.5 Å². The molecule has 1 saturated heterocycles. The zero-order valence-corrected chi connectivity index (χ0v) is 18.6. The topological polar surface area (TPSA) is 78.7 Å². The van der Waals surface area contributed by atoms with E-state index in [2.05, 4.69) is 27.8 Å². The summed E-state index contributed by atoms with van der Waals surface area (Å²) < 4.78 is 1.99. The molecule has 2 amide bonds. The quantitative estimate of drug-likeness (QED) is 0.205. The van der Waals surface area contributed by atoms with Crippen molar-refractivity contribution in [2.75, 3.05) is 19.6 Å². The first kappa shape index (κ1) is 20.9. The summed E-state index contributed by atoms with van der Waals surface area (Å²) in [7, 11) is 1.98. The van der Waals surface area contributed by atoms with Gasteiger partial charge in [0.25, 0.3) is 0 Å². The summed E-state index contributed by atoms with van der Waals surface area (Å²) in [6.07, 6.45) is 9.25. The molecule has 0 aromatic carbocycles. The van der Waals surface area contributed by atoms with E-state index < -0.39 is 0 Å². The fourth-order valence-electron chi connectivity index (χ4n) is 4.64. The van der Waals surface area contributed by atoms with E-state index in [0.29, 0.717) is 25.6 Å². The number of likely N-dealkylation sites (tertiary alicyclic amines) is 1. The minimum atomic E-state index is -0.118. The molecular weight excluding hydrogens is 469 g/mol. The van der Waals surface area contributed by atoms with Crippen LogP contribution < -0.4 is 10.6 Å². The highest BCUT2D eigenvalue weighted by Crippen LogP contribution is 2.52. The first-order chi connectivity index (χ1) is 13.1. The Bertz CT molecular complexity index is 772. The van der Waals surface area contributed by atoms with Crippen molar-refractivity contribution in [3.05, 3.63) is 36.2 Å². The minimum Gasteiger partial charge on any atom is -0.357 e. The maximum absolute atomic E-state index is 12.7. The molecule has 2 heterocycles. The molecule has 3 aliphatic rings. The van der Waals surface area contributed by atoms with Gasteiger partial charge >= 0.3 is 0 Å². The van der Waals surface area contributed by atoms with Gasteiger partial charge in [0.15, 0.2) is 5.96 Å². The van der Waals surface area contributed by atoms with Gasteiger partial charge in [0, 0.05) is 39.1 Å². The number of carbonyl (C=O) groups excluding carboxylic acids is 2. The van der Waals surface area contributed by atoms with Gasteiger partial charge < -0.3 is 15.2 Å². The number of aliphatic imine (C=N–C) groups is 1. The highest BCUT2D eigenvalue weighted by molar-refractivity contribution is 14.0. The second-order valence-corrected chi connectivity index (χ2v) is 7.64. The smallest absolute Gasteiger partial charge is 0.233 e. The number of carbonyl (C=O) groups is 2. The highest BCUT2D eigenvalue weighted by atomic mass is 127. The van der Waals surface area contributed by atoms with E-state index in [-0.39, 0.29) is 59.5 Å². The Balaban J connectivity index is 0.00000225. The van der Waals surface area contributed by atoms with Gasteiger partial charge in [0.05, 0.1) is 18.4 Å². The summed E-state index contributed by atoms with van der Waals surface area (Å²) in [4.78, 5) is 31.4. The largest absolute Gasteiger partial charge is 0.357 e. The number of amides is 2. The second kappa shape index (κ2) is 8.67. The average Bonchev–Trinajstić information content (AvgIpc) is 3.40. The first-order valence-corrected chi connectivity index (χ1v) is 9.75. The molecule has 2 N–H and O–H groups in total. The average molecular weight is 497 g/mol. The summed E-state index contributed by atoms with van der Waals surface area (Å²) in [5, 5.41) is 6.45. The third kappa shape index (κ3) is 3.83. The lowest BCUT2D eigenvalue weighted by Gasteiger charge is -2.18. The van der Waals surface area contributed by atoms with Crippen LogP contribution in [0, 0.1) is 23.7 Å². The highest BCUT2D eigenvalue weighted by Gasteiger charge is 2.58. The fourth-order valence-corrected chi connectivity index (χ4v) is 4.64. The Morgan fingerprint density at radius 1 is 1.18 bits per heavy atom. The molecule has 2 aliphatic carbocycles. The molecule has 1 saturated carbocycles. The monoisotopic (exact) mass is 497 g/mol. The van der Waals surface area contributed by atoms with E-state index >= 15 is 0 Å². The predicted octanol–water partition coefficient (Wildman–Crippen LogP) is 1.51. The van der Waals surface area contributed by atoms with E-state index in [1.54, 1.807) is 0 Å². The molecule has 2 bridgehead atoms. The fraction of sp³-hybridized carbons (Fsp3) is 0.550. The Morgan fingerprint density at radius 2 is 1.86 bits per heavy atom. The van der Waals surface area contributed by atoms with E-state index in [1.807, 2.05) is 37.0 Å². The standard InChI is InChI=1S/C20H27N5O2.HI/c1-3-21-20(23-11-13-6-8-24(2)12-13)22-7-9-25-18(26)16-14-4-5-15(10-14)17(16)19(25)27;/h4-6,8,12,14-17H,3,7,9-11H2,1-2H3,(H2,21,22,23);1H. The number of nitrogens with one attached hydrogen (secondary N) is 2. The summed E-state index contributed by atoms with van der Waals surface area (Å²) in [5.41, 5.74) is 1.13. The molecule has 4 rings (SSSR count). The predicted molar refractivity (Wildman–Crippen MR) is 118 cm³/mol. The second-order valence-electron chi connectivity index (χ2n) is 7.64. The number of halogens is 1. The SMILES string of the molecule is CCNC(=NCc1ccn(C)c1)NCCN1C(=O)C2C3C=CC(C3)C2C1=O.I. The van der Waals surface area contributed by atoms with Crippen molar-refractivity contribution in [2.45, 2.75) is 19.9 Å². The van der Waals surface area contributed by atoms with Crippen LogP contribution in [0.3, 0.4) is 0 Å². The van der Waals surface area contributed by atoms with Crippen LogP contribution in [-0.4, -0.2) is 46.9 Å². The van der Waals surface area contributed by atoms with E-state index in [4.69, 9.17) is 0 Å². The number of hydrogen-bond acceptors (Lipinski definition) is 3. The van der Waals surface area contributed by atoms with Crippen LogP contribution in [0.1, 0.15) is 18.9 Å². The summed E-state index contributed by atoms with van der Waals surface area (Å²) in [6.45, 7) is 4.23. The number of imide groups is 1. The summed E-state index contributed by atoms with van der Waals surface area (Å²) >= 11 is 0. The molecule has 1 aromatic heterocycles. The molecule has 0 radical (unpaired) electrons. The van der Waals surface area contributed by atoms with Crippen molar-refractivity contribution in [2.24, 2.45) is 35.7 Å². The van der Waals surface area contributed by atoms with E-state index in [1.165, 1.54) is 4.90 Å². The van der Waals surface area contributed by atoms with Gasteiger partial charge in [-0.25, -0.2) is 4.99 Å². The lowest BCUT2D eigenvalue weighted by Crippen LogP contribution is -2.43. The first-order valence-electron chi connectivity index (χ1n) is 9.75. The van der Waals surface area contributed by atoms with Crippen molar-refractivity contribution >= 4 is 41.8 Å². The number of rotatable bonds is 6. The normalized spacial score (nSPS) is 27.9. The van der Waals surface area contributed by atoms with Crippen molar-refractivity contribution in [1.29, 1.82) is 0 Å². The van der Waals surface area contributed by atoms with Crippen molar-refractivity contribution < 1.29 is 9.59 Å². The Morgan fingerprint density at radius 3 is 2.43 bits per heavy atom. The Labute approximate surface area is 182 Å². The Hall–Kier alpha value is -1.84. The number of fused-ring (bicyclic) bond motifs is 5. The van der Waals surface area contributed by atoms with Crippen LogP contribution in [0.5, 0.6) is 0 Å². The minimum absolute atomic E-state index is 0. The van der Waals surface area contributed by atoms with Crippen LogP contribution in [0.15, 0.2) is 35.6 Å². The van der Waals surface area contributed by atoms with Gasteiger partial charge in [-0.2, -0.15) is 0 Å². The van der Waals surface area contributed by atoms with Gasteiger partial charge in [0.1, 0.15) is 0 Å². The van der Waals surface area contributed by atoms with Gasteiger partial charge in [-0.1, -0.05) is 12.2 Å². The molecule has 0 spiro atoms. The third-order valence-electron chi connectivity index (χ3n) is 5.85. The number of allylic oxidation sites excluding steroid dienone is 2. The molecule has 7 nitrogen and oxygen atoms in total. The molecule has 2 fully saturated rings. The molecule has 8 heteroatoms. The molecular formula is C20H28IN5O2.